The Balaban J connectivity index is 1.06. The van der Waals surface area contributed by atoms with Gasteiger partial charge in [0.25, 0.3) is 0 Å². The van der Waals surface area contributed by atoms with Gasteiger partial charge in [-0.05, 0) is 143 Å². The zero-order valence-corrected chi connectivity index (χ0v) is 40.7. The number of carbonyl (C=O) groups is 1. The molecule has 6 aromatic carbocycles. The van der Waals surface area contributed by atoms with Crippen molar-refractivity contribution in [2.45, 2.75) is 76.5 Å². The summed E-state index contributed by atoms with van der Waals surface area (Å²) >= 11 is 1.68. The summed E-state index contributed by atoms with van der Waals surface area (Å²) in [6.45, 7) is 9.36. The Kier molecular flexibility index (Phi) is 13.5. The number of hydrogen-bond acceptors (Lipinski definition) is 9. The van der Waals surface area contributed by atoms with Crippen LogP contribution in [0.1, 0.15) is 80.6 Å². The molecule has 8 aromatic rings. The molecule has 12 heteroatoms. The summed E-state index contributed by atoms with van der Waals surface area (Å²) in [5.74, 6) is 0.184. The number of hydrogen-bond donors (Lipinski definition) is 0. The minimum Gasteiger partial charge on any atom is -0.442 e. The first-order valence-electron chi connectivity index (χ1n) is 24.0. The number of amides is 1. The third-order valence-corrected chi connectivity index (χ3v) is 14.2. The first-order valence-corrected chi connectivity index (χ1v) is 24.9. The van der Waals surface area contributed by atoms with E-state index < -0.39 is 17.8 Å². The van der Waals surface area contributed by atoms with Gasteiger partial charge in [0.2, 0.25) is 0 Å². The molecule has 0 bridgehead atoms. The van der Waals surface area contributed by atoms with Gasteiger partial charge in [-0.3, -0.25) is 0 Å². The summed E-state index contributed by atoms with van der Waals surface area (Å²) in [5.41, 5.74) is 7.11. The molecule has 0 spiro atoms. The number of piperidine rings is 2. The molecule has 2 aliphatic rings. The Morgan fingerprint density at radius 2 is 1.23 bits per heavy atom. The van der Waals surface area contributed by atoms with E-state index in [4.69, 9.17) is 24.2 Å². The Labute approximate surface area is 407 Å². The Hall–Kier alpha value is -6.28. The molecule has 69 heavy (non-hydrogen) atoms. The van der Waals surface area contributed by atoms with Gasteiger partial charge in [-0.25, -0.2) is 23.8 Å². The SMILES string of the molecule is CN1CCC(OC(c2cccc(-c3ccc(N(C(=O)OC(C)(C)C)n4c(C(OC5CCN(C)CC5)c5cccc(-c6ccccc6F)c5)nc5ccccc54)cc3)c2)c2nc3ccccc3s2)CC1. The number of halogens is 1. The van der Waals surface area contributed by atoms with Crippen molar-refractivity contribution in [2.24, 2.45) is 0 Å². The standard InChI is InChI=1S/C57H59FN6O4S/c1-57(2,3)68-56(65)63(43-26-24-38(25-27-43)39-14-12-17-42(36-39)53(67-45-30-34-62(5)35-31-45)55-60-49-21-9-11-23-51(49)69-55)64-50-22-10-8-20-48(50)59-54(64)52(66-44-28-32-61(4)33-29-44)41-16-13-15-40(37-41)46-18-6-7-19-47(46)58/h6-27,36-37,44-45,52-53H,28-35H2,1-5H3. The van der Waals surface area contributed by atoms with E-state index in [0.717, 1.165) is 89.3 Å². The molecule has 4 heterocycles. The number of likely N-dealkylation sites (tertiary alicyclic amines) is 2. The maximum atomic E-state index is 15.3. The van der Waals surface area contributed by atoms with Crippen LogP contribution in [0.25, 0.3) is 43.5 Å². The van der Waals surface area contributed by atoms with E-state index in [2.05, 4.69) is 66.4 Å². The van der Waals surface area contributed by atoms with Gasteiger partial charge in [0.15, 0.2) is 5.82 Å². The first-order chi connectivity index (χ1) is 33.4. The second-order valence-electron chi connectivity index (χ2n) is 19.4. The lowest BCUT2D eigenvalue weighted by atomic mass is 9.99. The van der Waals surface area contributed by atoms with Crippen molar-refractivity contribution in [1.82, 2.24) is 24.4 Å². The second-order valence-corrected chi connectivity index (χ2v) is 20.5. The zero-order chi connectivity index (χ0) is 47.6. The van der Waals surface area contributed by atoms with Gasteiger partial charge in [0.05, 0.1) is 39.1 Å². The van der Waals surface area contributed by atoms with E-state index in [1.807, 2.05) is 110 Å². The molecular formula is C57H59FN6O4S. The predicted molar refractivity (Wildman–Crippen MR) is 274 cm³/mol. The summed E-state index contributed by atoms with van der Waals surface area (Å²) in [5, 5.41) is 2.51. The molecule has 2 saturated heterocycles. The maximum Gasteiger partial charge on any atom is 0.434 e. The third kappa shape index (κ3) is 10.4. The lowest BCUT2D eigenvalue weighted by Gasteiger charge is -2.34. The highest BCUT2D eigenvalue weighted by Gasteiger charge is 2.35. The number of thiazole rings is 1. The molecule has 2 fully saturated rings. The van der Waals surface area contributed by atoms with E-state index in [1.54, 1.807) is 28.5 Å². The number of fused-ring (bicyclic) bond motifs is 2. The van der Waals surface area contributed by atoms with Crippen LogP contribution < -0.4 is 5.01 Å². The highest BCUT2D eigenvalue weighted by molar-refractivity contribution is 7.18. The second kappa shape index (κ2) is 20.0. The monoisotopic (exact) mass is 942 g/mol. The number of para-hydroxylation sites is 3. The first kappa shape index (κ1) is 46.4. The summed E-state index contributed by atoms with van der Waals surface area (Å²) in [6, 6.07) is 47.2. The van der Waals surface area contributed by atoms with Gasteiger partial charge in [0, 0.05) is 31.7 Å². The minimum absolute atomic E-state index is 0.0920. The Morgan fingerprint density at radius 3 is 1.90 bits per heavy atom. The van der Waals surface area contributed by atoms with Crippen molar-refractivity contribution in [1.29, 1.82) is 0 Å². The van der Waals surface area contributed by atoms with Crippen LogP contribution >= 0.6 is 11.3 Å². The topological polar surface area (TPSA) is 85.2 Å². The fourth-order valence-corrected chi connectivity index (χ4v) is 10.5. The summed E-state index contributed by atoms with van der Waals surface area (Å²) in [6.07, 6.45) is 1.95. The van der Waals surface area contributed by atoms with E-state index in [0.29, 0.717) is 33.7 Å². The van der Waals surface area contributed by atoms with Gasteiger partial charge in [0.1, 0.15) is 28.6 Å². The molecule has 0 saturated carbocycles. The highest BCUT2D eigenvalue weighted by atomic mass is 32.1. The van der Waals surface area contributed by atoms with E-state index in [-0.39, 0.29) is 24.1 Å². The average molecular weight is 943 g/mol. The van der Waals surface area contributed by atoms with Crippen molar-refractivity contribution < 1.29 is 23.4 Å². The van der Waals surface area contributed by atoms with E-state index in [9.17, 15) is 4.79 Å². The molecule has 10 rings (SSSR count). The zero-order valence-electron chi connectivity index (χ0n) is 39.9. The number of anilines is 1. The molecule has 2 atom stereocenters. The predicted octanol–water partition coefficient (Wildman–Crippen LogP) is 12.7. The summed E-state index contributed by atoms with van der Waals surface area (Å²) in [4.78, 5) is 29.9. The van der Waals surface area contributed by atoms with E-state index in [1.165, 1.54) is 6.07 Å². The van der Waals surface area contributed by atoms with Crippen LogP contribution in [0.2, 0.25) is 0 Å². The number of aromatic nitrogens is 3. The number of ether oxygens (including phenoxy) is 3. The van der Waals surface area contributed by atoms with E-state index >= 15 is 4.39 Å². The largest absolute Gasteiger partial charge is 0.442 e. The smallest absolute Gasteiger partial charge is 0.434 e. The van der Waals surface area contributed by atoms with Gasteiger partial charge >= 0.3 is 6.09 Å². The van der Waals surface area contributed by atoms with Crippen LogP contribution in [0.4, 0.5) is 14.9 Å². The molecule has 0 aliphatic carbocycles. The van der Waals surface area contributed by atoms with Crippen molar-refractivity contribution in [3.05, 3.63) is 173 Å². The maximum absolute atomic E-state index is 15.3. The molecule has 10 nitrogen and oxygen atoms in total. The summed E-state index contributed by atoms with van der Waals surface area (Å²) < 4.78 is 38.7. The van der Waals surface area contributed by atoms with Crippen molar-refractivity contribution in [3.8, 4) is 22.3 Å². The van der Waals surface area contributed by atoms with Crippen LogP contribution in [-0.4, -0.2) is 88.6 Å². The number of imidazole rings is 1. The number of benzene rings is 6. The number of rotatable bonds is 12. The molecule has 0 radical (unpaired) electrons. The average Bonchev–Trinajstić information content (AvgIpc) is 3.96. The molecule has 2 aliphatic heterocycles. The van der Waals surface area contributed by atoms with Crippen molar-refractivity contribution in [3.63, 3.8) is 0 Å². The Bertz CT molecular complexity index is 3030. The quantitative estimate of drug-likeness (QED) is 0.120. The molecule has 354 valence electrons. The van der Waals surface area contributed by atoms with Gasteiger partial charge < -0.3 is 24.0 Å². The van der Waals surface area contributed by atoms with Gasteiger partial charge in [-0.1, -0.05) is 91.0 Å². The minimum atomic E-state index is -0.820. The fourth-order valence-electron chi connectivity index (χ4n) is 9.46. The normalized spacial score (nSPS) is 16.5. The van der Waals surface area contributed by atoms with Crippen LogP contribution in [0.5, 0.6) is 0 Å². The van der Waals surface area contributed by atoms with Crippen LogP contribution in [-0.2, 0) is 14.2 Å². The third-order valence-electron chi connectivity index (χ3n) is 13.1. The Morgan fingerprint density at radius 1 is 0.652 bits per heavy atom. The number of carbonyl (C=O) groups excluding carboxylic acids is 1. The van der Waals surface area contributed by atoms with Crippen molar-refractivity contribution in [2.75, 3.05) is 45.3 Å². The van der Waals surface area contributed by atoms with Gasteiger partial charge in [-0.2, -0.15) is 5.01 Å². The van der Waals surface area contributed by atoms with Crippen LogP contribution in [0, 0.1) is 5.82 Å². The highest BCUT2D eigenvalue weighted by Crippen LogP contribution is 2.39. The van der Waals surface area contributed by atoms with Gasteiger partial charge in [-0.15, -0.1) is 11.3 Å². The summed E-state index contributed by atoms with van der Waals surface area (Å²) in [7, 11) is 4.29. The molecule has 0 N–H and O–H groups in total. The van der Waals surface area contributed by atoms with Crippen LogP contribution in [0.15, 0.2) is 146 Å². The molecular weight excluding hydrogens is 884 g/mol. The van der Waals surface area contributed by atoms with Crippen molar-refractivity contribution >= 4 is 44.4 Å². The number of nitrogens with zero attached hydrogens (tertiary/aromatic N) is 6. The molecule has 2 aromatic heterocycles. The molecule has 2 unspecified atom stereocenters. The lowest BCUT2D eigenvalue weighted by Crippen LogP contribution is -2.42. The molecule has 1 amide bonds. The lowest BCUT2D eigenvalue weighted by molar-refractivity contribution is -0.0279. The van der Waals surface area contributed by atoms with Crippen LogP contribution in [0.3, 0.4) is 0 Å². The fraction of sp³-hybridized carbons (Fsp3) is 0.316.